The number of carbonyl (C=O) groups is 1. The summed E-state index contributed by atoms with van der Waals surface area (Å²) in [6, 6.07) is 0. The molecule has 0 N–H and O–H groups in total. The van der Waals surface area contributed by atoms with Gasteiger partial charge < -0.3 is 9.80 Å². The number of thiazole rings is 1. The van der Waals surface area contributed by atoms with Crippen molar-refractivity contribution in [3.8, 4) is 0 Å². The van der Waals surface area contributed by atoms with Crippen LogP contribution in [0.5, 0.6) is 0 Å². The summed E-state index contributed by atoms with van der Waals surface area (Å²) in [6.07, 6.45) is 2.44. The van der Waals surface area contributed by atoms with E-state index in [2.05, 4.69) is 14.8 Å². The number of nitrogens with zero attached hydrogens (tertiary/aromatic N) is 3. The molecule has 0 atom stereocenters. The Morgan fingerprint density at radius 2 is 2.14 bits per heavy atom. The van der Waals surface area contributed by atoms with Crippen LogP contribution in [-0.2, 0) is 0 Å². The molecule has 0 radical (unpaired) electrons. The van der Waals surface area contributed by atoms with Crippen molar-refractivity contribution in [3.63, 3.8) is 0 Å². The summed E-state index contributed by atoms with van der Waals surface area (Å²) in [5.41, 5.74) is 0. The van der Waals surface area contributed by atoms with E-state index in [0.717, 1.165) is 24.5 Å². The molecule has 1 heterocycles. The van der Waals surface area contributed by atoms with E-state index in [0.29, 0.717) is 4.88 Å². The normalized spacial score (nSPS) is 10.6. The van der Waals surface area contributed by atoms with Gasteiger partial charge in [-0.15, -0.1) is 0 Å². The zero-order chi connectivity index (χ0) is 10.6. The van der Waals surface area contributed by atoms with Crippen LogP contribution in [0.1, 0.15) is 9.67 Å². The Bertz CT molecular complexity index is 298. The van der Waals surface area contributed by atoms with Gasteiger partial charge in [0, 0.05) is 20.1 Å². The molecular formula is C9H15N3OS. The number of likely N-dealkylation sites (N-methyl/N-ethyl adjacent to an activating group) is 2. The minimum Gasteiger partial charge on any atom is -0.350 e. The van der Waals surface area contributed by atoms with Crippen molar-refractivity contribution in [1.82, 2.24) is 9.88 Å². The highest BCUT2D eigenvalue weighted by Gasteiger charge is 2.06. The molecule has 14 heavy (non-hydrogen) atoms. The lowest BCUT2D eigenvalue weighted by Gasteiger charge is -2.18. The van der Waals surface area contributed by atoms with Gasteiger partial charge >= 0.3 is 0 Å². The van der Waals surface area contributed by atoms with Gasteiger partial charge in [-0.1, -0.05) is 11.3 Å². The molecule has 0 aromatic carbocycles. The third-order valence-electron chi connectivity index (χ3n) is 1.84. The van der Waals surface area contributed by atoms with Gasteiger partial charge in [-0.05, 0) is 14.1 Å². The second kappa shape index (κ2) is 5.07. The van der Waals surface area contributed by atoms with Gasteiger partial charge in [0.25, 0.3) is 0 Å². The van der Waals surface area contributed by atoms with E-state index in [1.165, 1.54) is 11.3 Å². The van der Waals surface area contributed by atoms with Crippen LogP contribution >= 0.6 is 11.3 Å². The quantitative estimate of drug-likeness (QED) is 0.682. The van der Waals surface area contributed by atoms with Crippen molar-refractivity contribution in [1.29, 1.82) is 0 Å². The Morgan fingerprint density at radius 1 is 1.43 bits per heavy atom. The summed E-state index contributed by atoms with van der Waals surface area (Å²) >= 11 is 1.42. The molecule has 0 bridgehead atoms. The molecule has 0 saturated carbocycles. The zero-order valence-electron chi connectivity index (χ0n) is 8.73. The Hall–Kier alpha value is -0.940. The molecule has 1 aromatic heterocycles. The molecule has 0 spiro atoms. The summed E-state index contributed by atoms with van der Waals surface area (Å²) in [7, 11) is 6.05. The first-order valence-corrected chi connectivity index (χ1v) is 5.22. The maximum absolute atomic E-state index is 10.5. The van der Waals surface area contributed by atoms with Crippen LogP contribution in [0.3, 0.4) is 0 Å². The van der Waals surface area contributed by atoms with E-state index >= 15 is 0 Å². The highest BCUT2D eigenvalue weighted by atomic mass is 32.1. The average molecular weight is 213 g/mol. The summed E-state index contributed by atoms with van der Waals surface area (Å²) in [5, 5.41) is 0.897. The first-order chi connectivity index (χ1) is 6.63. The number of carbonyl (C=O) groups excluding carboxylic acids is 1. The van der Waals surface area contributed by atoms with Crippen LogP contribution in [0.2, 0.25) is 0 Å². The smallest absolute Gasteiger partial charge is 0.185 e. The van der Waals surface area contributed by atoms with Crippen molar-refractivity contribution in [2.45, 2.75) is 0 Å². The lowest BCUT2D eigenvalue weighted by molar-refractivity contribution is 0.112. The van der Waals surface area contributed by atoms with E-state index in [1.807, 2.05) is 21.1 Å². The highest BCUT2D eigenvalue weighted by molar-refractivity contribution is 7.17. The predicted molar refractivity (Wildman–Crippen MR) is 59.3 cm³/mol. The van der Waals surface area contributed by atoms with E-state index in [1.54, 1.807) is 6.20 Å². The lowest BCUT2D eigenvalue weighted by atomic mass is 10.5. The second-order valence-electron chi connectivity index (χ2n) is 3.39. The molecule has 78 valence electrons. The van der Waals surface area contributed by atoms with Gasteiger partial charge in [0.1, 0.15) is 0 Å². The highest BCUT2D eigenvalue weighted by Crippen LogP contribution is 2.19. The first-order valence-electron chi connectivity index (χ1n) is 4.40. The molecule has 0 aliphatic rings. The molecule has 0 unspecified atom stereocenters. The van der Waals surface area contributed by atoms with Gasteiger partial charge in [0.2, 0.25) is 0 Å². The molecule has 0 aliphatic heterocycles. The van der Waals surface area contributed by atoms with E-state index in [9.17, 15) is 4.79 Å². The van der Waals surface area contributed by atoms with Gasteiger partial charge in [-0.2, -0.15) is 0 Å². The van der Waals surface area contributed by atoms with Crippen LogP contribution in [-0.4, -0.2) is 50.4 Å². The van der Waals surface area contributed by atoms with Gasteiger partial charge in [0.05, 0.1) is 11.1 Å². The minimum absolute atomic E-state index is 0.678. The maximum Gasteiger partial charge on any atom is 0.185 e. The number of aldehydes is 1. The Morgan fingerprint density at radius 3 is 2.64 bits per heavy atom. The van der Waals surface area contributed by atoms with Crippen LogP contribution in [0.25, 0.3) is 0 Å². The number of hydrogen-bond acceptors (Lipinski definition) is 5. The van der Waals surface area contributed by atoms with Crippen molar-refractivity contribution in [2.75, 3.05) is 39.1 Å². The fraction of sp³-hybridized carbons (Fsp3) is 0.556. The summed E-state index contributed by atoms with van der Waals surface area (Å²) in [6.45, 7) is 1.89. The fourth-order valence-electron chi connectivity index (χ4n) is 0.954. The van der Waals surface area contributed by atoms with E-state index in [4.69, 9.17) is 0 Å². The molecule has 0 fully saturated rings. The van der Waals surface area contributed by atoms with Crippen molar-refractivity contribution in [3.05, 3.63) is 11.1 Å². The van der Waals surface area contributed by atoms with Crippen molar-refractivity contribution >= 4 is 22.8 Å². The largest absolute Gasteiger partial charge is 0.350 e. The Balaban J connectivity index is 2.51. The van der Waals surface area contributed by atoms with E-state index < -0.39 is 0 Å². The lowest BCUT2D eigenvalue weighted by Crippen LogP contribution is -2.28. The van der Waals surface area contributed by atoms with Crippen molar-refractivity contribution in [2.24, 2.45) is 0 Å². The predicted octanol–water partition coefficient (Wildman–Crippen LogP) is 0.953. The molecule has 0 amide bonds. The molecule has 0 aliphatic carbocycles. The third kappa shape index (κ3) is 3.08. The average Bonchev–Trinajstić information content (AvgIpc) is 2.62. The molecular weight excluding hydrogens is 198 g/mol. The number of aromatic nitrogens is 1. The fourth-order valence-corrected chi connectivity index (χ4v) is 1.67. The van der Waals surface area contributed by atoms with Crippen molar-refractivity contribution < 1.29 is 4.79 Å². The van der Waals surface area contributed by atoms with Crippen LogP contribution in [0.15, 0.2) is 6.20 Å². The van der Waals surface area contributed by atoms with Gasteiger partial charge in [-0.25, -0.2) is 4.98 Å². The number of hydrogen-bond donors (Lipinski definition) is 0. The van der Waals surface area contributed by atoms with Gasteiger partial charge in [-0.3, -0.25) is 4.79 Å². The van der Waals surface area contributed by atoms with E-state index in [-0.39, 0.29) is 0 Å². The SMILES string of the molecule is CN(C)CCN(C)c1ncc(C=O)s1. The van der Waals surface area contributed by atoms with Crippen LogP contribution in [0, 0.1) is 0 Å². The molecule has 1 rings (SSSR count). The second-order valence-corrected chi connectivity index (χ2v) is 4.43. The summed E-state index contributed by atoms with van der Waals surface area (Å²) < 4.78 is 0. The standard InChI is InChI=1S/C9H15N3OS/c1-11(2)4-5-12(3)9-10-6-8(7-13)14-9/h6-7H,4-5H2,1-3H3. The van der Waals surface area contributed by atoms with Crippen LogP contribution in [0.4, 0.5) is 5.13 Å². The molecule has 4 nitrogen and oxygen atoms in total. The maximum atomic E-state index is 10.5. The number of rotatable bonds is 5. The van der Waals surface area contributed by atoms with Gasteiger partial charge in [0.15, 0.2) is 11.4 Å². The zero-order valence-corrected chi connectivity index (χ0v) is 9.54. The molecule has 5 heteroatoms. The first kappa shape index (κ1) is 11.1. The summed E-state index contributed by atoms with van der Waals surface area (Å²) in [5.74, 6) is 0. The topological polar surface area (TPSA) is 36.4 Å². The molecule has 1 aromatic rings. The Labute approximate surface area is 88.2 Å². The molecule has 0 saturated heterocycles. The third-order valence-corrected chi connectivity index (χ3v) is 2.87. The Kier molecular flexibility index (Phi) is 4.03. The number of anilines is 1. The van der Waals surface area contributed by atoms with Crippen LogP contribution < -0.4 is 4.90 Å². The summed E-state index contributed by atoms with van der Waals surface area (Å²) in [4.78, 5) is 19.5. The monoisotopic (exact) mass is 213 g/mol. The minimum atomic E-state index is 0.678.